The molecule has 3 rings (SSSR count). The van der Waals surface area contributed by atoms with E-state index in [0.717, 1.165) is 0 Å². The third kappa shape index (κ3) is 6.07. The number of carbonyl (C=O) groups excluding carboxylic acids is 1. The molecule has 3 aromatic rings. The van der Waals surface area contributed by atoms with Crippen molar-refractivity contribution in [3.8, 4) is 11.5 Å². The first kappa shape index (κ1) is 22.3. The van der Waals surface area contributed by atoms with E-state index >= 15 is 0 Å². The van der Waals surface area contributed by atoms with E-state index in [-0.39, 0.29) is 23.5 Å². The number of aryl methyl sites for hydroxylation is 1. The Morgan fingerprint density at radius 1 is 1.03 bits per heavy atom. The lowest BCUT2D eigenvalue weighted by atomic mass is 9.87. The van der Waals surface area contributed by atoms with Crippen molar-refractivity contribution in [3.05, 3.63) is 77.2 Å². The van der Waals surface area contributed by atoms with E-state index in [0.29, 0.717) is 22.8 Å². The molecule has 0 radical (unpaired) electrons. The van der Waals surface area contributed by atoms with E-state index in [1.165, 1.54) is 23.8 Å². The van der Waals surface area contributed by atoms with E-state index in [1.54, 1.807) is 19.1 Å². The number of rotatable bonds is 7. The molecule has 1 N–H and O–H groups in total. The molecule has 0 aliphatic carbocycles. The predicted octanol–water partition coefficient (Wildman–Crippen LogP) is 6.32. The van der Waals surface area contributed by atoms with Gasteiger partial charge in [-0.25, -0.2) is 0 Å². The Balaban J connectivity index is 1.58. The quantitative estimate of drug-likeness (QED) is 0.478. The Morgan fingerprint density at radius 2 is 1.71 bits per heavy atom. The Morgan fingerprint density at radius 3 is 2.32 bits per heavy atom. The molecule has 164 valence electrons. The summed E-state index contributed by atoms with van der Waals surface area (Å²) in [4.78, 5) is 12.5. The van der Waals surface area contributed by atoms with Gasteiger partial charge in [0.15, 0.2) is 5.76 Å². The fourth-order valence-corrected chi connectivity index (χ4v) is 2.92. The van der Waals surface area contributed by atoms with Crippen LogP contribution in [0.2, 0.25) is 0 Å². The van der Waals surface area contributed by atoms with Crippen LogP contribution in [0.25, 0.3) is 0 Å². The molecule has 0 saturated carbocycles. The van der Waals surface area contributed by atoms with Crippen LogP contribution in [0.3, 0.4) is 0 Å². The minimum atomic E-state index is -2.90. The van der Waals surface area contributed by atoms with Crippen molar-refractivity contribution in [2.45, 2.75) is 46.3 Å². The number of anilines is 1. The lowest BCUT2D eigenvalue weighted by Gasteiger charge is -2.19. The summed E-state index contributed by atoms with van der Waals surface area (Å²) in [6.07, 6.45) is 0. The molecule has 1 aromatic heterocycles. The van der Waals surface area contributed by atoms with Gasteiger partial charge in [0, 0.05) is 5.69 Å². The van der Waals surface area contributed by atoms with Crippen LogP contribution in [0.15, 0.2) is 59.0 Å². The summed E-state index contributed by atoms with van der Waals surface area (Å²) in [5.41, 5.74) is 2.33. The number of carbonyl (C=O) groups is 1. The number of hydrogen-bond acceptors (Lipinski definition) is 4. The molecule has 0 aliphatic rings. The Hall–Kier alpha value is -3.35. The first-order valence-electron chi connectivity index (χ1n) is 9.81. The van der Waals surface area contributed by atoms with Gasteiger partial charge < -0.3 is 19.2 Å². The van der Waals surface area contributed by atoms with Gasteiger partial charge in [-0.1, -0.05) is 32.9 Å². The van der Waals surface area contributed by atoms with Crippen molar-refractivity contribution in [3.63, 3.8) is 0 Å². The highest BCUT2D eigenvalue weighted by Gasteiger charge is 2.15. The summed E-state index contributed by atoms with van der Waals surface area (Å²) >= 11 is 0. The van der Waals surface area contributed by atoms with Crippen molar-refractivity contribution >= 4 is 11.6 Å². The van der Waals surface area contributed by atoms with E-state index in [2.05, 4.69) is 30.8 Å². The molecule has 1 amide bonds. The number of nitrogens with one attached hydrogen (secondary N) is 1. The maximum absolute atomic E-state index is 12.5. The van der Waals surface area contributed by atoms with Crippen molar-refractivity contribution in [1.29, 1.82) is 0 Å². The number of furan rings is 1. The highest BCUT2D eigenvalue weighted by molar-refractivity contribution is 6.02. The van der Waals surface area contributed by atoms with Gasteiger partial charge in [-0.2, -0.15) is 8.78 Å². The normalized spacial score (nSPS) is 11.5. The van der Waals surface area contributed by atoms with Gasteiger partial charge in [-0.15, -0.1) is 0 Å². The van der Waals surface area contributed by atoms with E-state index in [1.807, 2.05) is 24.3 Å². The maximum atomic E-state index is 12.5. The van der Waals surface area contributed by atoms with Crippen molar-refractivity contribution in [2.24, 2.45) is 0 Å². The highest BCUT2D eigenvalue weighted by Crippen LogP contribution is 2.25. The SMILES string of the molecule is Cc1cc(OC(F)F)ccc1NC(=O)c1ccc(COc2ccc(C(C)(C)C)cc2)o1. The zero-order chi connectivity index (χ0) is 22.6. The number of hydrogen-bond donors (Lipinski definition) is 1. The van der Waals surface area contributed by atoms with Crippen LogP contribution in [0.4, 0.5) is 14.5 Å². The van der Waals surface area contributed by atoms with Crippen LogP contribution >= 0.6 is 0 Å². The minimum Gasteiger partial charge on any atom is -0.486 e. The standard InChI is InChI=1S/C24H25F2NO4/c1-15-13-18(31-23(25)26)9-11-20(15)27-22(28)21-12-10-19(30-21)14-29-17-7-5-16(6-8-17)24(2,3)4/h5-13,23H,14H2,1-4H3,(H,27,28). The number of amides is 1. The summed E-state index contributed by atoms with van der Waals surface area (Å²) in [5, 5.41) is 2.70. The fraction of sp³-hybridized carbons (Fsp3) is 0.292. The molecule has 0 atom stereocenters. The molecule has 7 heteroatoms. The van der Waals surface area contributed by atoms with Crippen molar-refractivity contribution in [1.82, 2.24) is 0 Å². The molecule has 31 heavy (non-hydrogen) atoms. The van der Waals surface area contributed by atoms with Crippen LogP contribution in [0, 0.1) is 6.92 Å². The van der Waals surface area contributed by atoms with Crippen LogP contribution in [-0.4, -0.2) is 12.5 Å². The van der Waals surface area contributed by atoms with Gasteiger partial charge >= 0.3 is 6.61 Å². The molecule has 2 aromatic carbocycles. The Labute approximate surface area is 180 Å². The number of halogens is 2. The van der Waals surface area contributed by atoms with Gasteiger partial charge in [0.1, 0.15) is 23.9 Å². The average molecular weight is 429 g/mol. The average Bonchev–Trinajstić information content (AvgIpc) is 3.17. The molecule has 5 nitrogen and oxygen atoms in total. The molecule has 0 fully saturated rings. The highest BCUT2D eigenvalue weighted by atomic mass is 19.3. The first-order valence-corrected chi connectivity index (χ1v) is 9.81. The summed E-state index contributed by atoms with van der Waals surface area (Å²) in [5.74, 6) is 0.901. The summed E-state index contributed by atoms with van der Waals surface area (Å²) in [7, 11) is 0. The molecular weight excluding hydrogens is 404 g/mol. The van der Waals surface area contributed by atoms with Gasteiger partial charge in [0.2, 0.25) is 0 Å². The molecular formula is C24H25F2NO4. The molecule has 0 spiro atoms. The second-order valence-corrected chi connectivity index (χ2v) is 8.14. The monoisotopic (exact) mass is 429 g/mol. The Bertz CT molecular complexity index is 1040. The second kappa shape index (κ2) is 9.20. The van der Waals surface area contributed by atoms with Crippen LogP contribution in [-0.2, 0) is 12.0 Å². The van der Waals surface area contributed by atoms with Gasteiger partial charge in [-0.3, -0.25) is 4.79 Å². The molecule has 0 saturated heterocycles. The zero-order valence-electron chi connectivity index (χ0n) is 17.9. The summed E-state index contributed by atoms with van der Waals surface area (Å²) in [6.45, 7) is 5.39. The minimum absolute atomic E-state index is 0.0264. The van der Waals surface area contributed by atoms with Crippen LogP contribution in [0.1, 0.15) is 48.2 Å². The van der Waals surface area contributed by atoms with Gasteiger partial charge in [-0.05, 0) is 65.9 Å². The third-order valence-corrected chi connectivity index (χ3v) is 4.66. The van der Waals surface area contributed by atoms with E-state index in [9.17, 15) is 13.6 Å². The van der Waals surface area contributed by atoms with Crippen molar-refractivity contribution in [2.75, 3.05) is 5.32 Å². The lowest BCUT2D eigenvalue weighted by Crippen LogP contribution is -2.12. The molecule has 1 heterocycles. The predicted molar refractivity (Wildman–Crippen MR) is 114 cm³/mol. The van der Waals surface area contributed by atoms with E-state index < -0.39 is 12.5 Å². The topological polar surface area (TPSA) is 60.7 Å². The summed E-state index contributed by atoms with van der Waals surface area (Å²) < 4.78 is 40.3. The number of alkyl halides is 2. The van der Waals surface area contributed by atoms with Gasteiger partial charge in [0.25, 0.3) is 5.91 Å². The second-order valence-electron chi connectivity index (χ2n) is 8.14. The van der Waals surface area contributed by atoms with Gasteiger partial charge in [0.05, 0.1) is 0 Å². The first-order chi connectivity index (χ1) is 14.6. The zero-order valence-corrected chi connectivity index (χ0v) is 17.9. The van der Waals surface area contributed by atoms with E-state index in [4.69, 9.17) is 9.15 Å². The Kier molecular flexibility index (Phi) is 6.63. The summed E-state index contributed by atoms with van der Waals surface area (Å²) in [6, 6.07) is 15.4. The van der Waals surface area contributed by atoms with Crippen LogP contribution in [0.5, 0.6) is 11.5 Å². The number of ether oxygens (including phenoxy) is 2. The third-order valence-electron chi connectivity index (χ3n) is 4.66. The van der Waals surface area contributed by atoms with Crippen molar-refractivity contribution < 1.29 is 27.5 Å². The molecule has 0 bridgehead atoms. The number of benzene rings is 2. The largest absolute Gasteiger partial charge is 0.486 e. The smallest absolute Gasteiger partial charge is 0.387 e. The van der Waals surface area contributed by atoms with Crippen LogP contribution < -0.4 is 14.8 Å². The fourth-order valence-electron chi connectivity index (χ4n) is 2.92. The molecule has 0 aliphatic heterocycles. The molecule has 0 unspecified atom stereocenters. The maximum Gasteiger partial charge on any atom is 0.387 e. The lowest BCUT2D eigenvalue weighted by molar-refractivity contribution is -0.0498.